The summed E-state index contributed by atoms with van der Waals surface area (Å²) in [6.45, 7) is 0. The van der Waals surface area contributed by atoms with E-state index in [1.807, 2.05) is 48.5 Å². The monoisotopic (exact) mass is 266 g/mol. The molecule has 0 radical (unpaired) electrons. The molecule has 0 spiro atoms. The van der Waals surface area contributed by atoms with E-state index in [0.29, 0.717) is 17.3 Å². The summed E-state index contributed by atoms with van der Waals surface area (Å²) >= 11 is 0. The first kappa shape index (κ1) is 12.4. The molecule has 4 heteroatoms. The van der Waals surface area contributed by atoms with Crippen molar-refractivity contribution in [3.63, 3.8) is 0 Å². The fourth-order valence-corrected chi connectivity index (χ4v) is 2.03. The first-order chi connectivity index (χ1) is 9.81. The lowest BCUT2D eigenvalue weighted by atomic mass is 10.1. The van der Waals surface area contributed by atoms with Crippen LogP contribution in [0.15, 0.2) is 58.5 Å². The van der Waals surface area contributed by atoms with E-state index >= 15 is 0 Å². The smallest absolute Gasteiger partial charge is 0.164 e. The van der Waals surface area contributed by atoms with Gasteiger partial charge in [-0.3, -0.25) is 0 Å². The van der Waals surface area contributed by atoms with Crippen LogP contribution in [0.3, 0.4) is 0 Å². The zero-order valence-corrected chi connectivity index (χ0v) is 11.3. The minimum Gasteiger partial charge on any atom is -0.493 e. The van der Waals surface area contributed by atoms with Crippen LogP contribution in [-0.4, -0.2) is 25.9 Å². The molecule has 100 valence electrons. The summed E-state index contributed by atoms with van der Waals surface area (Å²) in [6.07, 6.45) is 0. The van der Waals surface area contributed by atoms with E-state index in [1.54, 1.807) is 14.2 Å². The van der Waals surface area contributed by atoms with Crippen LogP contribution >= 0.6 is 0 Å². The molecule has 0 N–H and O–H groups in total. The third-order valence-corrected chi connectivity index (χ3v) is 3.10. The maximum Gasteiger partial charge on any atom is 0.164 e. The molecule has 2 aromatic carbocycles. The van der Waals surface area contributed by atoms with Gasteiger partial charge < -0.3 is 9.47 Å². The van der Waals surface area contributed by atoms with Gasteiger partial charge in [-0.25, -0.2) is 9.98 Å². The van der Waals surface area contributed by atoms with Gasteiger partial charge in [0.15, 0.2) is 23.2 Å². The van der Waals surface area contributed by atoms with E-state index < -0.39 is 0 Å². The number of amidine groups is 2. The van der Waals surface area contributed by atoms with Crippen molar-refractivity contribution in [2.75, 3.05) is 14.2 Å². The van der Waals surface area contributed by atoms with Crippen LogP contribution in [-0.2, 0) is 0 Å². The van der Waals surface area contributed by atoms with Gasteiger partial charge in [0.05, 0.1) is 14.2 Å². The van der Waals surface area contributed by atoms with Gasteiger partial charge in [-0.2, -0.15) is 0 Å². The number of hydrogen-bond acceptors (Lipinski definition) is 4. The summed E-state index contributed by atoms with van der Waals surface area (Å²) in [5, 5.41) is 0. The van der Waals surface area contributed by atoms with Crippen molar-refractivity contribution in [3.8, 4) is 11.5 Å². The Bertz CT molecular complexity index is 691. The highest BCUT2D eigenvalue weighted by molar-refractivity contribution is 6.23. The standard InChI is InChI=1S/C16H14N2O2/c1-19-13-9-8-12(10-14(13)20-2)16-17-15(18-16)11-6-4-3-5-7-11/h3-10H,1-2H3. The Morgan fingerprint density at radius 2 is 1.35 bits per heavy atom. The van der Waals surface area contributed by atoms with Crippen molar-refractivity contribution < 1.29 is 9.47 Å². The maximum absolute atomic E-state index is 5.28. The molecule has 1 aliphatic rings. The van der Waals surface area contributed by atoms with Crippen molar-refractivity contribution in [2.45, 2.75) is 0 Å². The summed E-state index contributed by atoms with van der Waals surface area (Å²) in [6, 6.07) is 15.6. The van der Waals surface area contributed by atoms with Crippen LogP contribution in [0.2, 0.25) is 0 Å². The summed E-state index contributed by atoms with van der Waals surface area (Å²) < 4.78 is 10.5. The second-order valence-electron chi connectivity index (χ2n) is 4.31. The predicted molar refractivity (Wildman–Crippen MR) is 79.1 cm³/mol. The molecule has 0 aromatic heterocycles. The van der Waals surface area contributed by atoms with Crippen LogP contribution in [0.5, 0.6) is 11.5 Å². The zero-order chi connectivity index (χ0) is 13.9. The molecule has 0 saturated heterocycles. The lowest BCUT2D eigenvalue weighted by Gasteiger charge is -2.14. The molecule has 0 bridgehead atoms. The fraction of sp³-hybridized carbons (Fsp3) is 0.125. The Kier molecular flexibility index (Phi) is 3.21. The van der Waals surface area contributed by atoms with Crippen molar-refractivity contribution >= 4 is 11.7 Å². The molecule has 0 atom stereocenters. The van der Waals surface area contributed by atoms with E-state index in [9.17, 15) is 0 Å². The number of benzene rings is 2. The molecule has 3 rings (SSSR count). The molecule has 20 heavy (non-hydrogen) atoms. The van der Waals surface area contributed by atoms with Gasteiger partial charge in [0.1, 0.15) is 0 Å². The van der Waals surface area contributed by atoms with Crippen molar-refractivity contribution in [2.24, 2.45) is 9.98 Å². The third kappa shape index (κ3) is 2.16. The number of hydrogen-bond donors (Lipinski definition) is 0. The number of nitrogens with zero attached hydrogens (tertiary/aromatic N) is 2. The first-order valence-electron chi connectivity index (χ1n) is 6.27. The zero-order valence-electron chi connectivity index (χ0n) is 11.3. The van der Waals surface area contributed by atoms with E-state index in [0.717, 1.165) is 17.0 Å². The van der Waals surface area contributed by atoms with E-state index in [-0.39, 0.29) is 0 Å². The Morgan fingerprint density at radius 1 is 0.700 bits per heavy atom. The SMILES string of the molecule is COc1ccc(C2=NC(c3ccccc3)=N2)cc1OC. The minimum atomic E-state index is 0.677. The van der Waals surface area contributed by atoms with Crippen LogP contribution in [0.25, 0.3) is 0 Å². The van der Waals surface area contributed by atoms with Crippen LogP contribution in [0.4, 0.5) is 0 Å². The van der Waals surface area contributed by atoms with Gasteiger partial charge in [0, 0.05) is 11.1 Å². The predicted octanol–water partition coefficient (Wildman–Crippen LogP) is 2.91. The number of rotatable bonds is 4. The van der Waals surface area contributed by atoms with Gasteiger partial charge in [0.25, 0.3) is 0 Å². The second-order valence-corrected chi connectivity index (χ2v) is 4.31. The highest BCUT2D eigenvalue weighted by atomic mass is 16.5. The number of ether oxygens (including phenoxy) is 2. The van der Waals surface area contributed by atoms with E-state index in [1.165, 1.54) is 0 Å². The average Bonchev–Trinajstić information content (AvgIpc) is 2.46. The third-order valence-electron chi connectivity index (χ3n) is 3.10. The second kappa shape index (κ2) is 5.17. The summed E-state index contributed by atoms with van der Waals surface area (Å²) in [4.78, 5) is 8.93. The molecule has 0 amide bonds. The van der Waals surface area contributed by atoms with Gasteiger partial charge in [0.2, 0.25) is 0 Å². The number of aliphatic imine (C=N–C) groups is 2. The maximum atomic E-state index is 5.28. The Balaban J connectivity index is 1.83. The lowest BCUT2D eigenvalue weighted by molar-refractivity contribution is 0.355. The molecule has 0 saturated carbocycles. The summed E-state index contributed by atoms with van der Waals surface area (Å²) in [7, 11) is 3.23. The van der Waals surface area contributed by atoms with Crippen LogP contribution in [0.1, 0.15) is 11.1 Å². The first-order valence-corrected chi connectivity index (χ1v) is 6.27. The normalized spacial score (nSPS) is 13.1. The fourth-order valence-electron chi connectivity index (χ4n) is 2.03. The molecule has 0 aliphatic carbocycles. The molecule has 4 nitrogen and oxygen atoms in total. The summed E-state index contributed by atoms with van der Waals surface area (Å²) in [5.74, 6) is 2.85. The Hall–Kier alpha value is -2.62. The molecular weight excluding hydrogens is 252 g/mol. The van der Waals surface area contributed by atoms with Crippen molar-refractivity contribution in [3.05, 3.63) is 59.7 Å². The van der Waals surface area contributed by atoms with Crippen molar-refractivity contribution in [1.29, 1.82) is 0 Å². The number of methoxy groups -OCH3 is 2. The molecule has 1 aliphatic heterocycles. The van der Waals surface area contributed by atoms with Crippen LogP contribution < -0.4 is 9.47 Å². The Labute approximate surface area is 117 Å². The quantitative estimate of drug-likeness (QED) is 0.854. The molecule has 2 aromatic rings. The van der Waals surface area contributed by atoms with Crippen LogP contribution in [0, 0.1) is 0 Å². The average molecular weight is 266 g/mol. The van der Waals surface area contributed by atoms with E-state index in [2.05, 4.69) is 9.98 Å². The van der Waals surface area contributed by atoms with Crippen molar-refractivity contribution in [1.82, 2.24) is 0 Å². The molecule has 0 unspecified atom stereocenters. The van der Waals surface area contributed by atoms with Gasteiger partial charge >= 0.3 is 0 Å². The van der Waals surface area contributed by atoms with Gasteiger partial charge in [-0.1, -0.05) is 30.3 Å². The largest absolute Gasteiger partial charge is 0.493 e. The van der Waals surface area contributed by atoms with Gasteiger partial charge in [-0.05, 0) is 18.2 Å². The molecule has 1 heterocycles. The van der Waals surface area contributed by atoms with E-state index in [4.69, 9.17) is 9.47 Å². The Morgan fingerprint density at radius 3 is 2.00 bits per heavy atom. The topological polar surface area (TPSA) is 43.2 Å². The highest BCUT2D eigenvalue weighted by Gasteiger charge is 2.17. The van der Waals surface area contributed by atoms with Gasteiger partial charge in [-0.15, -0.1) is 0 Å². The minimum absolute atomic E-state index is 0.677. The summed E-state index contributed by atoms with van der Waals surface area (Å²) in [5.41, 5.74) is 1.94. The lowest BCUT2D eigenvalue weighted by Crippen LogP contribution is -2.15. The molecular formula is C16H14N2O2. The highest BCUT2D eigenvalue weighted by Crippen LogP contribution is 2.29. The molecule has 0 fully saturated rings.